The van der Waals surface area contributed by atoms with Crippen molar-refractivity contribution >= 4 is 5.96 Å². The normalized spacial score (nSPS) is 12.8. The molecule has 0 aliphatic carbocycles. The molecule has 6 nitrogen and oxygen atoms in total. The van der Waals surface area contributed by atoms with Crippen molar-refractivity contribution in [2.45, 2.75) is 46.2 Å². The van der Waals surface area contributed by atoms with Crippen LogP contribution in [0, 0.1) is 5.41 Å². The predicted molar refractivity (Wildman–Crippen MR) is 103 cm³/mol. The van der Waals surface area contributed by atoms with Gasteiger partial charge in [-0.25, -0.2) is 4.98 Å². The van der Waals surface area contributed by atoms with E-state index in [4.69, 9.17) is 4.74 Å². The zero-order valence-corrected chi connectivity index (χ0v) is 16.8. The van der Waals surface area contributed by atoms with Crippen molar-refractivity contribution in [1.29, 1.82) is 0 Å². The Balaban J connectivity index is 2.54. The zero-order chi connectivity index (χ0) is 21.0. The van der Waals surface area contributed by atoms with E-state index in [1.165, 1.54) is 6.07 Å². The highest BCUT2D eigenvalue weighted by Crippen LogP contribution is 2.30. The van der Waals surface area contributed by atoms with Crippen molar-refractivity contribution in [2.24, 2.45) is 10.4 Å². The number of aliphatic imine (C=N–C) groups is 1. The Morgan fingerprint density at radius 1 is 1.18 bits per heavy atom. The molecular formula is C19H31F3N4O2. The molecule has 0 aliphatic heterocycles. The van der Waals surface area contributed by atoms with Crippen LogP contribution in [0.15, 0.2) is 23.3 Å². The largest absolute Gasteiger partial charge is 0.476 e. The first kappa shape index (κ1) is 24.0. The minimum absolute atomic E-state index is 0.0300. The highest BCUT2D eigenvalue weighted by atomic mass is 19.4. The van der Waals surface area contributed by atoms with Gasteiger partial charge in [-0.3, -0.25) is 4.99 Å². The lowest BCUT2D eigenvalue weighted by atomic mass is 9.79. The van der Waals surface area contributed by atoms with Gasteiger partial charge in [-0.1, -0.05) is 13.8 Å². The summed E-state index contributed by atoms with van der Waals surface area (Å²) in [6, 6.07) is 2.14. The molecule has 1 heterocycles. The number of ether oxygens (including phenoxy) is 1. The number of hydrogen-bond acceptors (Lipinski definition) is 4. The SMILES string of the molecule is CCNC(=NCC(CC)(CC)CCO)NCCOc1ccc(C(F)(F)F)cn1. The molecule has 0 bridgehead atoms. The molecule has 0 amide bonds. The van der Waals surface area contributed by atoms with Crippen LogP contribution in [0.3, 0.4) is 0 Å². The number of alkyl halides is 3. The van der Waals surface area contributed by atoms with Gasteiger partial charge in [0.05, 0.1) is 12.1 Å². The maximum absolute atomic E-state index is 12.5. The molecule has 0 atom stereocenters. The number of aromatic nitrogens is 1. The molecule has 0 saturated heterocycles. The van der Waals surface area contributed by atoms with Gasteiger partial charge in [0.1, 0.15) is 6.61 Å². The first-order valence-corrected chi connectivity index (χ1v) is 9.59. The summed E-state index contributed by atoms with van der Waals surface area (Å²) in [7, 11) is 0. The second-order valence-electron chi connectivity index (χ2n) is 6.53. The maximum atomic E-state index is 12.5. The van der Waals surface area contributed by atoms with E-state index >= 15 is 0 Å². The Kier molecular flexibility index (Phi) is 10.1. The van der Waals surface area contributed by atoms with E-state index in [0.717, 1.165) is 25.1 Å². The number of guanidine groups is 1. The molecule has 0 radical (unpaired) electrons. The number of aliphatic hydroxyl groups excluding tert-OH is 1. The minimum atomic E-state index is -4.41. The predicted octanol–water partition coefficient (Wildman–Crippen LogP) is 3.22. The van der Waals surface area contributed by atoms with Crippen molar-refractivity contribution < 1.29 is 23.0 Å². The van der Waals surface area contributed by atoms with Crippen LogP contribution in [0.1, 0.15) is 45.6 Å². The molecule has 0 fully saturated rings. The molecule has 28 heavy (non-hydrogen) atoms. The summed E-state index contributed by atoms with van der Waals surface area (Å²) in [5.41, 5.74) is -0.838. The number of rotatable bonds is 11. The molecule has 1 aromatic heterocycles. The fraction of sp³-hybridized carbons (Fsp3) is 0.684. The van der Waals surface area contributed by atoms with Crippen molar-refractivity contribution in [3.63, 3.8) is 0 Å². The van der Waals surface area contributed by atoms with Crippen molar-refractivity contribution in [3.8, 4) is 5.88 Å². The molecule has 160 valence electrons. The van der Waals surface area contributed by atoms with Crippen molar-refractivity contribution in [1.82, 2.24) is 15.6 Å². The van der Waals surface area contributed by atoms with Crippen LogP contribution < -0.4 is 15.4 Å². The third kappa shape index (κ3) is 7.92. The Morgan fingerprint density at radius 3 is 2.39 bits per heavy atom. The number of aliphatic hydroxyl groups is 1. The fourth-order valence-electron chi connectivity index (χ4n) is 2.69. The average molecular weight is 404 g/mol. The third-order valence-corrected chi connectivity index (χ3v) is 4.77. The lowest BCUT2D eigenvalue weighted by Crippen LogP contribution is -2.40. The Bertz CT molecular complexity index is 588. The maximum Gasteiger partial charge on any atom is 0.417 e. The molecule has 3 N–H and O–H groups in total. The Morgan fingerprint density at radius 2 is 1.89 bits per heavy atom. The Labute approximate surface area is 164 Å². The summed E-state index contributed by atoms with van der Waals surface area (Å²) in [6.07, 6.45) is -1.10. The smallest absolute Gasteiger partial charge is 0.417 e. The lowest BCUT2D eigenvalue weighted by molar-refractivity contribution is -0.137. The van der Waals surface area contributed by atoms with Crippen LogP contribution in [0.2, 0.25) is 0 Å². The van der Waals surface area contributed by atoms with E-state index in [9.17, 15) is 18.3 Å². The monoisotopic (exact) mass is 404 g/mol. The number of nitrogens with one attached hydrogen (secondary N) is 2. The molecule has 1 rings (SSSR count). The lowest BCUT2D eigenvalue weighted by Gasteiger charge is -2.29. The second-order valence-corrected chi connectivity index (χ2v) is 6.53. The van der Waals surface area contributed by atoms with Gasteiger partial charge in [-0.15, -0.1) is 0 Å². The van der Waals surface area contributed by atoms with E-state index in [0.29, 0.717) is 32.0 Å². The minimum Gasteiger partial charge on any atom is -0.476 e. The van der Waals surface area contributed by atoms with Crippen LogP contribution in [0.25, 0.3) is 0 Å². The van der Waals surface area contributed by atoms with E-state index < -0.39 is 11.7 Å². The molecule has 0 saturated carbocycles. The highest BCUT2D eigenvalue weighted by Gasteiger charge is 2.30. The van der Waals surface area contributed by atoms with Gasteiger partial charge in [-0.05, 0) is 37.7 Å². The molecule has 0 spiro atoms. The molecule has 1 aromatic rings. The molecule has 9 heteroatoms. The van der Waals surface area contributed by atoms with Gasteiger partial charge < -0.3 is 20.5 Å². The van der Waals surface area contributed by atoms with E-state index in [2.05, 4.69) is 34.5 Å². The molecular weight excluding hydrogens is 373 g/mol. The second kappa shape index (κ2) is 11.7. The molecule has 0 unspecified atom stereocenters. The van der Waals surface area contributed by atoms with Gasteiger partial charge in [0.15, 0.2) is 5.96 Å². The average Bonchev–Trinajstić information content (AvgIpc) is 2.68. The van der Waals surface area contributed by atoms with Gasteiger partial charge in [-0.2, -0.15) is 13.2 Å². The number of pyridine rings is 1. The van der Waals surface area contributed by atoms with Gasteiger partial charge in [0.25, 0.3) is 0 Å². The summed E-state index contributed by atoms with van der Waals surface area (Å²) in [5.74, 6) is 0.770. The van der Waals surface area contributed by atoms with E-state index in [1.807, 2.05) is 6.92 Å². The van der Waals surface area contributed by atoms with Crippen molar-refractivity contribution in [3.05, 3.63) is 23.9 Å². The summed E-state index contributed by atoms with van der Waals surface area (Å²) in [6.45, 7) is 8.22. The summed E-state index contributed by atoms with van der Waals surface area (Å²) >= 11 is 0. The summed E-state index contributed by atoms with van der Waals surface area (Å²) < 4.78 is 42.9. The topological polar surface area (TPSA) is 78.8 Å². The van der Waals surface area contributed by atoms with Gasteiger partial charge in [0.2, 0.25) is 5.88 Å². The number of halogens is 3. The number of hydrogen-bond donors (Lipinski definition) is 3. The van der Waals surface area contributed by atoms with Gasteiger partial charge in [0, 0.05) is 32.0 Å². The molecule has 0 aliphatic rings. The van der Waals surface area contributed by atoms with Crippen LogP contribution >= 0.6 is 0 Å². The summed E-state index contributed by atoms with van der Waals surface area (Å²) in [5, 5.41) is 15.6. The van der Waals surface area contributed by atoms with Crippen LogP contribution in [0.5, 0.6) is 5.88 Å². The van der Waals surface area contributed by atoms with Gasteiger partial charge >= 0.3 is 6.18 Å². The van der Waals surface area contributed by atoms with E-state index in [-0.39, 0.29) is 24.5 Å². The molecule has 0 aromatic carbocycles. The Hall–Kier alpha value is -2.03. The third-order valence-electron chi connectivity index (χ3n) is 4.77. The highest BCUT2D eigenvalue weighted by molar-refractivity contribution is 5.79. The van der Waals surface area contributed by atoms with E-state index in [1.54, 1.807) is 0 Å². The fourth-order valence-corrected chi connectivity index (χ4v) is 2.69. The van der Waals surface area contributed by atoms with Crippen LogP contribution in [-0.2, 0) is 6.18 Å². The van der Waals surface area contributed by atoms with Crippen LogP contribution in [-0.4, -0.2) is 48.9 Å². The first-order chi connectivity index (χ1) is 13.3. The quantitative estimate of drug-likeness (QED) is 0.300. The van der Waals surface area contributed by atoms with Crippen molar-refractivity contribution in [2.75, 3.05) is 32.8 Å². The number of nitrogens with zero attached hydrogens (tertiary/aromatic N) is 2. The van der Waals surface area contributed by atoms with Crippen LogP contribution in [0.4, 0.5) is 13.2 Å². The zero-order valence-electron chi connectivity index (χ0n) is 16.8. The summed E-state index contributed by atoms with van der Waals surface area (Å²) in [4.78, 5) is 8.29. The standard InChI is InChI=1S/C19H31F3N4O2/c1-4-18(5-2,9-11-27)14-26-17(23-6-3)24-10-12-28-16-8-7-15(13-25-16)19(20,21)22/h7-8,13,27H,4-6,9-12,14H2,1-3H3,(H2,23,24,26). The first-order valence-electron chi connectivity index (χ1n) is 9.59.